The van der Waals surface area contributed by atoms with E-state index in [1.165, 1.54) is 47.6 Å². The third-order valence-electron chi connectivity index (χ3n) is 5.43. The van der Waals surface area contributed by atoms with Crippen molar-refractivity contribution in [1.82, 2.24) is 29.1 Å². The summed E-state index contributed by atoms with van der Waals surface area (Å²) in [6, 6.07) is 5.27. The second-order valence-corrected chi connectivity index (χ2v) is 7.70. The number of nitrogen functional groups attached to an aromatic ring is 2. The van der Waals surface area contributed by atoms with Crippen LogP contribution in [-0.4, -0.2) is 35.6 Å². The molecule has 8 nitrogen and oxygen atoms in total. The molecule has 0 amide bonds. The van der Waals surface area contributed by atoms with E-state index >= 15 is 0 Å². The van der Waals surface area contributed by atoms with E-state index in [-0.39, 0.29) is 11.8 Å². The quantitative estimate of drug-likeness (QED) is 0.434. The molecule has 0 aromatic carbocycles. The Morgan fingerprint density at radius 2 is 1.58 bits per heavy atom. The monoisotopic (exact) mass is 458 g/mol. The number of alkyl halides is 2. The zero-order valence-corrected chi connectivity index (χ0v) is 19.4. The van der Waals surface area contributed by atoms with Crippen molar-refractivity contribution in [1.29, 1.82) is 0 Å². The topological polar surface area (TPSA) is 113 Å². The smallest absolute Gasteiger partial charge is 0.256 e. The summed E-state index contributed by atoms with van der Waals surface area (Å²) in [5, 5.41) is 4.06. The van der Waals surface area contributed by atoms with E-state index in [1.54, 1.807) is 31.3 Å². The fraction of sp³-hybridized carbons (Fsp3) is 0.478. The Bertz CT molecular complexity index is 1180. The molecule has 178 valence electrons. The summed E-state index contributed by atoms with van der Waals surface area (Å²) in [5.41, 5.74) is 14.3. The van der Waals surface area contributed by atoms with Gasteiger partial charge < -0.3 is 16.0 Å². The highest BCUT2D eigenvalue weighted by Gasteiger charge is 2.17. The van der Waals surface area contributed by atoms with Gasteiger partial charge in [-0.3, -0.25) is 0 Å². The molecular weight excluding hydrogens is 426 g/mol. The van der Waals surface area contributed by atoms with Crippen LogP contribution in [-0.2, 0) is 6.54 Å². The van der Waals surface area contributed by atoms with Crippen LogP contribution in [0.5, 0.6) is 0 Å². The zero-order valence-electron chi connectivity index (χ0n) is 19.4. The van der Waals surface area contributed by atoms with E-state index in [0.29, 0.717) is 33.8 Å². The number of rotatable bonds is 3. The van der Waals surface area contributed by atoms with E-state index in [2.05, 4.69) is 20.1 Å². The minimum absolute atomic E-state index is 0.0567. The second-order valence-electron chi connectivity index (χ2n) is 7.70. The van der Waals surface area contributed by atoms with Crippen LogP contribution in [0.15, 0.2) is 24.4 Å². The van der Waals surface area contributed by atoms with E-state index in [1.807, 2.05) is 13.8 Å². The van der Waals surface area contributed by atoms with Crippen molar-refractivity contribution in [2.24, 2.45) is 0 Å². The molecule has 1 aliphatic rings. The van der Waals surface area contributed by atoms with E-state index in [4.69, 9.17) is 11.5 Å². The van der Waals surface area contributed by atoms with E-state index in [0.717, 1.165) is 0 Å². The maximum absolute atomic E-state index is 12.9. The van der Waals surface area contributed by atoms with Gasteiger partial charge in [-0.1, -0.05) is 52.4 Å². The van der Waals surface area contributed by atoms with Crippen molar-refractivity contribution in [2.75, 3.05) is 11.5 Å². The molecule has 33 heavy (non-hydrogen) atoms. The number of hydrogen-bond donors (Lipinski definition) is 2. The second kappa shape index (κ2) is 11.0. The van der Waals surface area contributed by atoms with Crippen LogP contribution in [0.3, 0.4) is 0 Å². The number of fused-ring (bicyclic) bond motifs is 2. The van der Waals surface area contributed by atoms with Gasteiger partial charge in [-0.05, 0) is 25.1 Å². The van der Waals surface area contributed by atoms with Gasteiger partial charge in [0.05, 0.1) is 12.2 Å². The molecular formula is C23H32F2N8. The molecule has 0 radical (unpaired) electrons. The molecule has 1 aliphatic carbocycles. The number of aryl methyl sites for hydroxylation is 1. The number of anilines is 2. The molecule has 0 bridgehead atoms. The van der Waals surface area contributed by atoms with Crippen molar-refractivity contribution in [3.63, 3.8) is 0 Å². The van der Waals surface area contributed by atoms with Gasteiger partial charge in [0.15, 0.2) is 11.5 Å². The van der Waals surface area contributed by atoms with Gasteiger partial charge in [-0.25, -0.2) is 23.3 Å². The molecule has 1 saturated carbocycles. The Morgan fingerprint density at radius 1 is 0.939 bits per heavy atom. The van der Waals surface area contributed by atoms with Gasteiger partial charge in [0.1, 0.15) is 16.9 Å². The molecule has 0 unspecified atom stereocenters. The third kappa shape index (κ3) is 5.55. The summed E-state index contributed by atoms with van der Waals surface area (Å²) in [7, 11) is 0. The highest BCUT2D eigenvalue weighted by Crippen LogP contribution is 2.29. The number of pyridine rings is 1. The molecule has 4 heterocycles. The summed E-state index contributed by atoms with van der Waals surface area (Å²) in [4.78, 5) is 12.8. The van der Waals surface area contributed by atoms with Gasteiger partial charge in [0.25, 0.3) is 6.43 Å². The Balaban J connectivity index is 0.000000329. The van der Waals surface area contributed by atoms with Gasteiger partial charge in [-0.15, -0.1) is 5.10 Å². The zero-order chi connectivity index (χ0) is 24.0. The number of hydrogen-bond acceptors (Lipinski definition) is 6. The standard InChI is InChI=1S/C15H14F2N8.C6H12.C2H6/c1-7-20-10-3-2-9(21-14(10)24(7)6-11(16)17)8-4-5-25-12(8)13(18)22-15(19)23-25;1-2-4-6-5-3-1;1-2/h2-5,11H,6H2,1H3,(H4,18,19,22,23);1-6H2;1-2H3. The Labute approximate surface area is 192 Å². The summed E-state index contributed by atoms with van der Waals surface area (Å²) in [6.45, 7) is 5.21. The minimum atomic E-state index is -2.50. The maximum atomic E-state index is 12.9. The number of imidazole rings is 1. The minimum Gasteiger partial charge on any atom is -0.382 e. The fourth-order valence-electron chi connectivity index (χ4n) is 3.96. The van der Waals surface area contributed by atoms with E-state index in [9.17, 15) is 8.78 Å². The number of aromatic nitrogens is 6. The lowest BCUT2D eigenvalue weighted by Gasteiger charge is -2.06. The molecule has 4 N–H and O–H groups in total. The average molecular weight is 459 g/mol. The van der Waals surface area contributed by atoms with Crippen molar-refractivity contribution < 1.29 is 8.78 Å². The van der Waals surface area contributed by atoms with Crippen molar-refractivity contribution in [2.45, 2.75) is 72.3 Å². The molecule has 10 heteroatoms. The molecule has 1 fully saturated rings. The number of halogens is 2. The lowest BCUT2D eigenvalue weighted by atomic mass is 10.0. The number of nitrogens with two attached hydrogens (primary N) is 2. The van der Waals surface area contributed by atoms with Crippen molar-refractivity contribution in [3.05, 3.63) is 30.2 Å². The van der Waals surface area contributed by atoms with Crippen LogP contribution in [0, 0.1) is 6.92 Å². The average Bonchev–Trinajstić information content (AvgIpc) is 3.37. The van der Waals surface area contributed by atoms with Crippen LogP contribution < -0.4 is 11.5 Å². The molecule has 0 spiro atoms. The van der Waals surface area contributed by atoms with Crippen molar-refractivity contribution >= 4 is 28.4 Å². The molecule has 0 saturated heterocycles. The first-order valence-corrected chi connectivity index (χ1v) is 11.5. The first kappa shape index (κ1) is 24.3. The van der Waals surface area contributed by atoms with E-state index < -0.39 is 13.0 Å². The normalized spacial score (nSPS) is 13.5. The summed E-state index contributed by atoms with van der Waals surface area (Å²) < 4.78 is 28.6. The third-order valence-corrected chi connectivity index (χ3v) is 5.43. The van der Waals surface area contributed by atoms with Gasteiger partial charge in [-0.2, -0.15) is 4.98 Å². The lowest BCUT2D eigenvalue weighted by Crippen LogP contribution is -2.09. The van der Waals surface area contributed by atoms with Gasteiger partial charge in [0, 0.05) is 11.8 Å². The Kier molecular flexibility index (Phi) is 8.13. The largest absolute Gasteiger partial charge is 0.382 e. The SMILES string of the molecule is C1CCCCC1.CC.Cc1nc2ccc(-c3ccn4nc(N)nc(N)c34)nc2n1CC(F)F. The molecule has 5 rings (SSSR count). The van der Waals surface area contributed by atoms with Crippen LogP contribution in [0.2, 0.25) is 0 Å². The maximum Gasteiger partial charge on any atom is 0.256 e. The molecule has 0 atom stereocenters. The fourth-order valence-corrected chi connectivity index (χ4v) is 3.96. The Morgan fingerprint density at radius 3 is 2.18 bits per heavy atom. The van der Waals surface area contributed by atoms with Crippen LogP contribution in [0.1, 0.15) is 58.2 Å². The highest BCUT2D eigenvalue weighted by molar-refractivity contribution is 5.88. The van der Waals surface area contributed by atoms with Gasteiger partial charge in [0.2, 0.25) is 5.95 Å². The predicted molar refractivity (Wildman–Crippen MR) is 128 cm³/mol. The number of nitrogens with zero attached hydrogens (tertiary/aromatic N) is 6. The molecule has 0 aliphatic heterocycles. The first-order valence-electron chi connectivity index (χ1n) is 11.5. The van der Waals surface area contributed by atoms with Crippen LogP contribution >= 0.6 is 0 Å². The highest BCUT2D eigenvalue weighted by atomic mass is 19.3. The molecule has 4 aromatic rings. The van der Waals surface area contributed by atoms with Crippen LogP contribution in [0.4, 0.5) is 20.5 Å². The predicted octanol–water partition coefficient (Wildman–Crippen LogP) is 5.25. The summed E-state index contributed by atoms with van der Waals surface area (Å²) >= 11 is 0. The van der Waals surface area contributed by atoms with Crippen molar-refractivity contribution in [3.8, 4) is 11.3 Å². The summed E-state index contributed by atoms with van der Waals surface area (Å²) in [6.07, 6.45) is 8.19. The first-order chi connectivity index (χ1) is 15.9. The van der Waals surface area contributed by atoms with Gasteiger partial charge >= 0.3 is 0 Å². The Hall–Kier alpha value is -3.30. The lowest BCUT2D eigenvalue weighted by molar-refractivity contribution is 0.127. The summed E-state index contributed by atoms with van der Waals surface area (Å²) in [5.74, 6) is 0.755. The molecule has 4 aromatic heterocycles. The van der Waals surface area contributed by atoms with Crippen LogP contribution in [0.25, 0.3) is 27.9 Å².